The number of hydrogen-bond donors (Lipinski definition) is 0. The van der Waals surface area contributed by atoms with Crippen LogP contribution in [0.2, 0.25) is 0 Å². The molecular formula is C17H18FIN2. The zero-order chi connectivity index (χ0) is 14.1. The molecule has 3 rings (SSSR count). The maximum Gasteiger partial charge on any atom is 0.215 e. The standard InChI is InChI=1S/C17H18FN2.HI/c1-19-16(13-6-4-3-5-7-13)12-17(20(19)2)14-8-10-15(18)11-9-14;/h3-11,17H,12H2,1-2H3;1H/q+1;/p-1. The smallest absolute Gasteiger partial charge is 0.215 e. The van der Waals surface area contributed by atoms with Crippen LogP contribution in [0.4, 0.5) is 4.39 Å². The minimum Gasteiger partial charge on any atom is -1.00 e. The summed E-state index contributed by atoms with van der Waals surface area (Å²) < 4.78 is 15.2. The van der Waals surface area contributed by atoms with Gasteiger partial charge in [0.05, 0.1) is 13.5 Å². The minimum atomic E-state index is -0.185. The Balaban J connectivity index is 0.00000161. The molecule has 1 heterocycles. The van der Waals surface area contributed by atoms with Crippen molar-refractivity contribution in [3.05, 3.63) is 71.5 Å². The number of hydrazone groups is 1. The third-order valence-corrected chi connectivity index (χ3v) is 4.06. The van der Waals surface area contributed by atoms with E-state index in [1.165, 1.54) is 23.4 Å². The molecule has 0 amide bonds. The maximum absolute atomic E-state index is 13.1. The van der Waals surface area contributed by atoms with Crippen LogP contribution >= 0.6 is 0 Å². The van der Waals surface area contributed by atoms with E-state index in [1.807, 2.05) is 18.2 Å². The molecule has 21 heavy (non-hydrogen) atoms. The molecule has 1 aliphatic rings. The van der Waals surface area contributed by atoms with Crippen molar-refractivity contribution in [3.8, 4) is 0 Å². The van der Waals surface area contributed by atoms with Crippen LogP contribution in [-0.4, -0.2) is 29.5 Å². The zero-order valence-electron chi connectivity index (χ0n) is 12.1. The summed E-state index contributed by atoms with van der Waals surface area (Å²) in [5.74, 6) is -0.185. The van der Waals surface area contributed by atoms with Crippen molar-refractivity contribution in [2.24, 2.45) is 0 Å². The van der Waals surface area contributed by atoms with Gasteiger partial charge in [-0.15, -0.1) is 4.68 Å². The minimum absolute atomic E-state index is 0. The van der Waals surface area contributed by atoms with Gasteiger partial charge in [-0.05, 0) is 29.8 Å². The Kier molecular flexibility index (Phi) is 4.98. The fourth-order valence-corrected chi connectivity index (χ4v) is 2.80. The Hall–Kier alpha value is -1.43. The number of benzene rings is 2. The normalized spacial score (nSPS) is 17.9. The average molecular weight is 396 g/mol. The molecule has 0 bridgehead atoms. The monoisotopic (exact) mass is 396 g/mol. The van der Waals surface area contributed by atoms with Gasteiger partial charge in [0.2, 0.25) is 5.71 Å². The van der Waals surface area contributed by atoms with E-state index in [1.54, 1.807) is 0 Å². The van der Waals surface area contributed by atoms with Gasteiger partial charge in [-0.3, -0.25) is 0 Å². The topological polar surface area (TPSA) is 6.25 Å². The Morgan fingerprint density at radius 3 is 2.29 bits per heavy atom. The lowest BCUT2D eigenvalue weighted by molar-refractivity contribution is -0.660. The summed E-state index contributed by atoms with van der Waals surface area (Å²) in [5, 5.41) is 2.20. The van der Waals surface area contributed by atoms with Gasteiger partial charge >= 0.3 is 0 Å². The Morgan fingerprint density at radius 1 is 1.05 bits per heavy atom. The first-order valence-electron chi connectivity index (χ1n) is 6.80. The van der Waals surface area contributed by atoms with Crippen LogP contribution in [0, 0.1) is 5.82 Å². The lowest BCUT2D eigenvalue weighted by Crippen LogP contribution is -3.00. The third kappa shape index (κ3) is 3.10. The molecule has 2 aromatic rings. The second-order valence-electron chi connectivity index (χ2n) is 5.18. The summed E-state index contributed by atoms with van der Waals surface area (Å²) in [7, 11) is 4.15. The van der Waals surface area contributed by atoms with Crippen LogP contribution in [0.1, 0.15) is 23.6 Å². The Bertz CT molecular complexity index is 638. The van der Waals surface area contributed by atoms with E-state index >= 15 is 0 Å². The predicted octanol–water partition coefficient (Wildman–Crippen LogP) is 0.253. The zero-order valence-corrected chi connectivity index (χ0v) is 14.3. The summed E-state index contributed by atoms with van der Waals surface area (Å²) in [6.45, 7) is 0. The van der Waals surface area contributed by atoms with Crippen LogP contribution in [0.3, 0.4) is 0 Å². The largest absolute Gasteiger partial charge is 1.00 e. The molecule has 0 aromatic heterocycles. The summed E-state index contributed by atoms with van der Waals surface area (Å²) in [4.78, 5) is 0. The van der Waals surface area contributed by atoms with Gasteiger partial charge in [-0.1, -0.05) is 30.3 Å². The van der Waals surface area contributed by atoms with Gasteiger partial charge in [-0.25, -0.2) is 4.39 Å². The number of hydrazine groups is 1. The molecule has 1 atom stereocenters. The van der Waals surface area contributed by atoms with E-state index in [-0.39, 0.29) is 35.8 Å². The van der Waals surface area contributed by atoms with Crippen LogP contribution in [0.15, 0.2) is 54.6 Å². The second-order valence-corrected chi connectivity index (χ2v) is 5.18. The van der Waals surface area contributed by atoms with Crippen molar-refractivity contribution >= 4 is 5.71 Å². The SMILES string of the molecule is CN1C(c2ccc(F)cc2)CC(c2ccccc2)=[N+]1C.[I-]. The molecule has 0 fully saturated rings. The molecule has 0 radical (unpaired) electrons. The molecule has 1 aliphatic heterocycles. The van der Waals surface area contributed by atoms with Crippen molar-refractivity contribution in [2.45, 2.75) is 12.5 Å². The van der Waals surface area contributed by atoms with E-state index < -0.39 is 0 Å². The van der Waals surface area contributed by atoms with E-state index in [0.717, 1.165) is 12.0 Å². The summed E-state index contributed by atoms with van der Waals surface area (Å²) in [5.41, 5.74) is 3.68. The first-order chi connectivity index (χ1) is 9.66. The number of halogens is 2. The average Bonchev–Trinajstić information content (AvgIpc) is 2.77. The van der Waals surface area contributed by atoms with E-state index in [9.17, 15) is 4.39 Å². The highest BCUT2D eigenvalue weighted by molar-refractivity contribution is 5.97. The molecule has 1 unspecified atom stereocenters. The summed E-state index contributed by atoms with van der Waals surface area (Å²) >= 11 is 0. The lowest BCUT2D eigenvalue weighted by atomic mass is 9.99. The van der Waals surface area contributed by atoms with Crippen LogP contribution in [-0.2, 0) is 0 Å². The van der Waals surface area contributed by atoms with Gasteiger partial charge in [-0.2, -0.15) is 5.01 Å². The molecular weight excluding hydrogens is 378 g/mol. The highest BCUT2D eigenvalue weighted by Gasteiger charge is 2.36. The molecule has 4 heteroatoms. The molecule has 2 aromatic carbocycles. The summed E-state index contributed by atoms with van der Waals surface area (Å²) in [6.07, 6.45) is 0.933. The highest BCUT2D eigenvalue weighted by atomic mass is 127. The van der Waals surface area contributed by atoms with Crippen LogP contribution in [0.25, 0.3) is 0 Å². The Labute approximate surface area is 141 Å². The van der Waals surface area contributed by atoms with Crippen molar-refractivity contribution in [2.75, 3.05) is 14.1 Å². The predicted molar refractivity (Wildman–Crippen MR) is 78.3 cm³/mol. The van der Waals surface area contributed by atoms with Gasteiger partial charge in [0.25, 0.3) is 0 Å². The van der Waals surface area contributed by atoms with Gasteiger partial charge in [0, 0.05) is 5.56 Å². The van der Waals surface area contributed by atoms with Crippen LogP contribution < -0.4 is 24.0 Å². The second kappa shape index (κ2) is 6.56. The maximum atomic E-state index is 13.1. The van der Waals surface area contributed by atoms with Crippen molar-refractivity contribution in [3.63, 3.8) is 0 Å². The number of nitrogens with zero attached hydrogens (tertiary/aromatic N) is 2. The van der Waals surface area contributed by atoms with Gasteiger partial charge in [0.15, 0.2) is 7.05 Å². The molecule has 0 saturated carbocycles. The first-order valence-corrected chi connectivity index (χ1v) is 6.80. The van der Waals surface area contributed by atoms with E-state index in [4.69, 9.17) is 0 Å². The van der Waals surface area contributed by atoms with E-state index in [0.29, 0.717) is 0 Å². The first kappa shape index (κ1) is 15.9. The van der Waals surface area contributed by atoms with Crippen molar-refractivity contribution in [1.82, 2.24) is 5.01 Å². The quantitative estimate of drug-likeness (QED) is 0.522. The number of hydrogen-bond acceptors (Lipinski definition) is 1. The lowest BCUT2D eigenvalue weighted by Gasteiger charge is -2.17. The third-order valence-electron chi connectivity index (χ3n) is 4.06. The molecule has 2 nitrogen and oxygen atoms in total. The summed E-state index contributed by atoms with van der Waals surface area (Å²) in [6, 6.07) is 17.5. The van der Waals surface area contributed by atoms with Gasteiger partial charge in [0.1, 0.15) is 11.9 Å². The molecule has 0 saturated heterocycles. The van der Waals surface area contributed by atoms with Crippen molar-refractivity contribution < 1.29 is 33.1 Å². The fourth-order valence-electron chi connectivity index (χ4n) is 2.80. The Morgan fingerprint density at radius 2 is 1.67 bits per heavy atom. The van der Waals surface area contributed by atoms with Crippen molar-refractivity contribution in [1.29, 1.82) is 0 Å². The number of rotatable bonds is 2. The molecule has 110 valence electrons. The molecule has 0 aliphatic carbocycles. The fraction of sp³-hybridized carbons (Fsp3) is 0.235. The van der Waals surface area contributed by atoms with Crippen LogP contribution in [0.5, 0.6) is 0 Å². The van der Waals surface area contributed by atoms with Gasteiger partial charge < -0.3 is 24.0 Å². The highest BCUT2D eigenvalue weighted by Crippen LogP contribution is 2.30. The van der Waals surface area contributed by atoms with E-state index in [2.05, 4.69) is 48.1 Å². The molecule has 0 spiro atoms. The molecule has 0 N–H and O–H groups in total.